The number of fused-ring (bicyclic) bond motifs is 1. The maximum absolute atomic E-state index is 5.96. The second-order valence-corrected chi connectivity index (χ2v) is 11.3. The van der Waals surface area contributed by atoms with Gasteiger partial charge in [0.25, 0.3) is 0 Å². The minimum absolute atomic E-state index is 0.146. The van der Waals surface area contributed by atoms with E-state index in [1.807, 2.05) is 34.8 Å². The minimum Gasteiger partial charge on any atom is -0.487 e. The molecule has 0 spiro atoms. The lowest BCUT2D eigenvalue weighted by Crippen LogP contribution is -2.30. The van der Waals surface area contributed by atoms with Gasteiger partial charge in [-0.15, -0.1) is 10.2 Å². The molecular formula is C32H35N5O. The minimum atomic E-state index is -0.164. The van der Waals surface area contributed by atoms with Crippen LogP contribution in [0.4, 0.5) is 0 Å². The zero-order chi connectivity index (χ0) is 26.9. The molecule has 6 nitrogen and oxygen atoms in total. The first-order valence-corrected chi connectivity index (χ1v) is 13.1. The maximum Gasteiger partial charge on any atom is 0.177 e. The van der Waals surface area contributed by atoms with Gasteiger partial charge < -0.3 is 4.74 Å². The van der Waals surface area contributed by atoms with Gasteiger partial charge >= 0.3 is 0 Å². The summed E-state index contributed by atoms with van der Waals surface area (Å²) < 4.78 is 7.82. The second kappa shape index (κ2) is 10.0. The average Bonchev–Trinajstić information content (AvgIpc) is 3.36. The molecule has 0 aliphatic rings. The van der Waals surface area contributed by atoms with Gasteiger partial charge in [-0.05, 0) is 53.4 Å². The molecule has 0 N–H and O–H groups in total. The SMILES string of the molecule is CC(C)C(C)(c1ccc(OCc2ccccn2)cc1)c1ccc(-c2ccc3nnc(C(C)(C)C)n3n2)cc1. The van der Waals surface area contributed by atoms with E-state index in [2.05, 4.69) is 105 Å². The third-order valence-corrected chi connectivity index (χ3v) is 7.44. The standard InChI is InChI=1S/C32H35N5O/c1-22(2)32(6,25-14-16-27(17-15-25)38-21-26-9-7-8-20-33-26)24-12-10-23(11-13-24)28-18-19-29-34-35-30(31(3,4)5)37(29)36-28/h7-20,22H,21H2,1-6H3. The van der Waals surface area contributed by atoms with Crippen LogP contribution in [-0.4, -0.2) is 24.8 Å². The summed E-state index contributed by atoms with van der Waals surface area (Å²) >= 11 is 0. The lowest BCUT2D eigenvalue weighted by atomic mass is 9.68. The number of benzene rings is 2. The number of aromatic nitrogens is 5. The molecule has 0 aliphatic carbocycles. The van der Waals surface area contributed by atoms with Crippen molar-refractivity contribution >= 4 is 5.65 Å². The van der Waals surface area contributed by atoms with Gasteiger partial charge in [0.05, 0.1) is 11.4 Å². The number of hydrogen-bond donors (Lipinski definition) is 0. The quantitative estimate of drug-likeness (QED) is 0.238. The smallest absolute Gasteiger partial charge is 0.177 e. The van der Waals surface area contributed by atoms with Gasteiger partial charge in [-0.25, -0.2) is 0 Å². The molecule has 0 aliphatic heterocycles. The molecule has 0 bridgehead atoms. The van der Waals surface area contributed by atoms with Crippen LogP contribution >= 0.6 is 0 Å². The van der Waals surface area contributed by atoms with Crippen molar-refractivity contribution < 1.29 is 4.74 Å². The van der Waals surface area contributed by atoms with Crippen LogP contribution in [0.3, 0.4) is 0 Å². The van der Waals surface area contributed by atoms with E-state index in [-0.39, 0.29) is 10.8 Å². The van der Waals surface area contributed by atoms with Gasteiger partial charge in [0.1, 0.15) is 12.4 Å². The van der Waals surface area contributed by atoms with Crippen LogP contribution in [0.5, 0.6) is 5.75 Å². The first kappa shape index (κ1) is 25.6. The molecule has 0 saturated carbocycles. The summed E-state index contributed by atoms with van der Waals surface area (Å²) in [5.74, 6) is 2.08. The normalized spacial score (nSPS) is 13.6. The third kappa shape index (κ3) is 4.91. The summed E-state index contributed by atoms with van der Waals surface area (Å²) in [5.41, 5.74) is 5.84. The summed E-state index contributed by atoms with van der Waals surface area (Å²) in [6.07, 6.45) is 1.79. The molecule has 38 heavy (non-hydrogen) atoms. The second-order valence-electron chi connectivity index (χ2n) is 11.3. The van der Waals surface area contributed by atoms with E-state index in [1.54, 1.807) is 6.20 Å². The predicted octanol–water partition coefficient (Wildman–Crippen LogP) is 7.02. The van der Waals surface area contributed by atoms with Gasteiger partial charge in [0, 0.05) is 22.6 Å². The van der Waals surface area contributed by atoms with E-state index < -0.39 is 0 Å². The molecule has 5 rings (SSSR count). The van der Waals surface area contributed by atoms with Gasteiger partial charge in [-0.1, -0.05) is 84.0 Å². The summed E-state index contributed by atoms with van der Waals surface area (Å²) in [4.78, 5) is 4.33. The number of nitrogens with zero attached hydrogens (tertiary/aromatic N) is 5. The highest BCUT2D eigenvalue weighted by molar-refractivity contribution is 5.61. The third-order valence-electron chi connectivity index (χ3n) is 7.44. The zero-order valence-electron chi connectivity index (χ0n) is 23.0. The van der Waals surface area contributed by atoms with Crippen molar-refractivity contribution in [2.75, 3.05) is 0 Å². The molecule has 0 amide bonds. The largest absolute Gasteiger partial charge is 0.487 e. The van der Waals surface area contributed by atoms with Crippen molar-refractivity contribution in [3.05, 3.63) is 108 Å². The number of hydrogen-bond acceptors (Lipinski definition) is 5. The fourth-order valence-electron chi connectivity index (χ4n) is 4.77. The van der Waals surface area contributed by atoms with Crippen molar-refractivity contribution in [1.82, 2.24) is 24.8 Å². The van der Waals surface area contributed by atoms with Crippen LogP contribution < -0.4 is 4.74 Å². The zero-order valence-corrected chi connectivity index (χ0v) is 23.0. The van der Waals surface area contributed by atoms with E-state index in [0.717, 1.165) is 34.2 Å². The summed E-state index contributed by atoms with van der Waals surface area (Å²) in [5, 5.41) is 13.5. The lowest BCUT2D eigenvalue weighted by molar-refractivity contribution is 0.301. The van der Waals surface area contributed by atoms with Crippen LogP contribution in [-0.2, 0) is 17.4 Å². The predicted molar refractivity (Wildman–Crippen MR) is 151 cm³/mol. The van der Waals surface area contributed by atoms with E-state index in [1.165, 1.54) is 11.1 Å². The van der Waals surface area contributed by atoms with Crippen molar-refractivity contribution in [2.24, 2.45) is 5.92 Å². The fraction of sp³-hybridized carbons (Fsp3) is 0.312. The van der Waals surface area contributed by atoms with E-state index >= 15 is 0 Å². The van der Waals surface area contributed by atoms with Crippen LogP contribution in [0.25, 0.3) is 16.9 Å². The highest BCUT2D eigenvalue weighted by Crippen LogP contribution is 2.40. The molecular weight excluding hydrogens is 470 g/mol. The molecule has 194 valence electrons. The molecule has 6 heteroatoms. The van der Waals surface area contributed by atoms with Crippen molar-refractivity contribution in [3.8, 4) is 17.0 Å². The molecule has 1 atom stereocenters. The van der Waals surface area contributed by atoms with Crippen molar-refractivity contribution in [2.45, 2.75) is 59.0 Å². The Kier molecular flexibility index (Phi) is 6.74. The Labute approximate surface area is 224 Å². The van der Waals surface area contributed by atoms with Gasteiger partial charge in [0.2, 0.25) is 0 Å². The Balaban J connectivity index is 1.40. The average molecular weight is 506 g/mol. The van der Waals surface area contributed by atoms with E-state index in [0.29, 0.717) is 12.5 Å². The molecule has 0 radical (unpaired) electrons. The Morgan fingerprint density at radius 1 is 0.789 bits per heavy atom. The number of ether oxygens (including phenoxy) is 1. The molecule has 3 heterocycles. The highest BCUT2D eigenvalue weighted by atomic mass is 16.5. The van der Waals surface area contributed by atoms with E-state index in [4.69, 9.17) is 9.84 Å². The van der Waals surface area contributed by atoms with Crippen molar-refractivity contribution in [3.63, 3.8) is 0 Å². The summed E-state index contributed by atoms with van der Waals surface area (Å²) in [6, 6.07) is 27.1. The summed E-state index contributed by atoms with van der Waals surface area (Å²) in [6.45, 7) is 13.7. The van der Waals surface area contributed by atoms with Crippen LogP contribution in [0.15, 0.2) is 85.1 Å². The van der Waals surface area contributed by atoms with Gasteiger partial charge in [-0.2, -0.15) is 9.61 Å². The number of rotatable bonds is 7. The molecule has 3 aromatic heterocycles. The summed E-state index contributed by atoms with van der Waals surface area (Å²) in [7, 11) is 0. The van der Waals surface area contributed by atoms with Crippen LogP contribution in [0.2, 0.25) is 0 Å². The van der Waals surface area contributed by atoms with E-state index in [9.17, 15) is 0 Å². The van der Waals surface area contributed by atoms with Crippen LogP contribution in [0.1, 0.15) is 64.2 Å². The maximum atomic E-state index is 5.96. The Morgan fingerprint density at radius 2 is 1.47 bits per heavy atom. The van der Waals surface area contributed by atoms with Crippen molar-refractivity contribution in [1.29, 1.82) is 0 Å². The van der Waals surface area contributed by atoms with Gasteiger partial charge in [-0.3, -0.25) is 4.98 Å². The Bertz CT molecular complexity index is 1520. The first-order chi connectivity index (χ1) is 18.2. The molecule has 5 aromatic rings. The highest BCUT2D eigenvalue weighted by Gasteiger charge is 2.32. The van der Waals surface area contributed by atoms with Crippen LogP contribution in [0, 0.1) is 5.92 Å². The Morgan fingerprint density at radius 3 is 2.08 bits per heavy atom. The molecule has 0 fully saturated rings. The monoisotopic (exact) mass is 505 g/mol. The van der Waals surface area contributed by atoms with Gasteiger partial charge in [0.15, 0.2) is 11.5 Å². The molecule has 2 aromatic carbocycles. The molecule has 0 saturated heterocycles. The first-order valence-electron chi connectivity index (χ1n) is 13.1. The topological polar surface area (TPSA) is 65.2 Å². The fourth-order valence-corrected chi connectivity index (χ4v) is 4.77. The Hall–Kier alpha value is -4.06. The lowest BCUT2D eigenvalue weighted by Gasteiger charge is -2.35. The number of pyridine rings is 1. The molecule has 1 unspecified atom stereocenters.